The molecule has 1 N–H and O–H groups in total. The van der Waals surface area contributed by atoms with Gasteiger partial charge in [-0.25, -0.2) is 0 Å². The number of nitrogens with one attached hydrogen (secondary N) is 1. The minimum absolute atomic E-state index is 0.0696. The zero-order valence-corrected chi connectivity index (χ0v) is 17.5. The Hall–Kier alpha value is -2.68. The normalized spacial score (nSPS) is 14.3. The Balaban J connectivity index is 1.42. The molecule has 156 valence electrons. The molecule has 0 radical (unpaired) electrons. The van der Waals surface area contributed by atoms with Gasteiger partial charge in [0.1, 0.15) is 6.61 Å². The van der Waals surface area contributed by atoms with Crippen molar-refractivity contribution in [2.24, 2.45) is 0 Å². The molecular formula is C21H19ClN3O4S-. The van der Waals surface area contributed by atoms with E-state index >= 15 is 0 Å². The molecule has 1 aromatic heterocycles. The fraction of sp³-hybridized carbons (Fsp3) is 0.238. The second-order valence-electron chi connectivity index (χ2n) is 7.05. The van der Waals surface area contributed by atoms with E-state index in [-0.39, 0.29) is 23.8 Å². The molecule has 4 rings (SSSR count). The lowest BCUT2D eigenvalue weighted by Gasteiger charge is -2.15. The van der Waals surface area contributed by atoms with Crippen molar-refractivity contribution < 1.29 is 18.3 Å². The molecule has 1 unspecified atom stereocenters. The molecule has 30 heavy (non-hydrogen) atoms. The fourth-order valence-corrected chi connectivity index (χ4v) is 3.79. The predicted molar refractivity (Wildman–Crippen MR) is 112 cm³/mol. The van der Waals surface area contributed by atoms with Crippen LogP contribution in [-0.2, 0) is 28.9 Å². The summed E-state index contributed by atoms with van der Waals surface area (Å²) < 4.78 is 31.0. The van der Waals surface area contributed by atoms with Crippen molar-refractivity contribution in [3.63, 3.8) is 0 Å². The molecule has 1 fully saturated rings. The van der Waals surface area contributed by atoms with E-state index in [9.17, 15) is 13.6 Å². The summed E-state index contributed by atoms with van der Waals surface area (Å²) in [5.41, 5.74) is 1.57. The van der Waals surface area contributed by atoms with E-state index in [1.165, 1.54) is 6.07 Å². The van der Waals surface area contributed by atoms with Crippen LogP contribution in [0.15, 0.2) is 59.8 Å². The lowest BCUT2D eigenvalue weighted by molar-refractivity contribution is -0.115. The molecule has 1 amide bonds. The molecule has 0 aliphatic heterocycles. The number of aromatic nitrogens is 2. The molecule has 1 heterocycles. The van der Waals surface area contributed by atoms with Gasteiger partial charge in [-0.2, -0.15) is 5.10 Å². The lowest BCUT2D eigenvalue weighted by Crippen LogP contribution is -2.15. The van der Waals surface area contributed by atoms with Gasteiger partial charge in [0.05, 0.1) is 24.9 Å². The first-order valence-electron chi connectivity index (χ1n) is 9.42. The zero-order valence-electron chi connectivity index (χ0n) is 15.9. The highest BCUT2D eigenvalue weighted by atomic mass is 35.5. The maximum Gasteiger partial charge on any atom is 0.228 e. The molecule has 1 aliphatic carbocycles. The Morgan fingerprint density at radius 2 is 2.07 bits per heavy atom. The van der Waals surface area contributed by atoms with Crippen molar-refractivity contribution in [2.45, 2.75) is 36.8 Å². The largest absolute Gasteiger partial charge is 0.768 e. The van der Waals surface area contributed by atoms with Gasteiger partial charge in [0, 0.05) is 21.2 Å². The maximum absolute atomic E-state index is 12.3. The number of anilines is 1. The predicted octanol–water partition coefficient (Wildman–Crippen LogP) is 3.87. The average Bonchev–Trinajstić information content (AvgIpc) is 3.47. The second-order valence-corrected chi connectivity index (χ2v) is 8.37. The third-order valence-electron chi connectivity index (χ3n) is 4.73. The van der Waals surface area contributed by atoms with Gasteiger partial charge >= 0.3 is 0 Å². The van der Waals surface area contributed by atoms with Gasteiger partial charge in [0.25, 0.3) is 0 Å². The van der Waals surface area contributed by atoms with Crippen LogP contribution in [0.5, 0.6) is 5.75 Å². The zero-order chi connectivity index (χ0) is 21.1. The van der Waals surface area contributed by atoms with E-state index in [0.29, 0.717) is 33.6 Å². The minimum Gasteiger partial charge on any atom is -0.768 e. The van der Waals surface area contributed by atoms with Crippen LogP contribution in [0.4, 0.5) is 5.69 Å². The van der Waals surface area contributed by atoms with Crippen LogP contribution in [0.1, 0.15) is 30.0 Å². The Bertz CT molecular complexity index is 1100. The molecule has 3 aromatic rings. The van der Waals surface area contributed by atoms with Crippen molar-refractivity contribution in [1.29, 1.82) is 0 Å². The highest BCUT2D eigenvalue weighted by molar-refractivity contribution is 7.79. The standard InChI is InChI=1S/C21H20ClN3O4S/c22-19-4-2-1-3-14(19)9-21(26)24-16-6-5-15(20(10-16)30(27)28)13-29-18-11-23-25(12-18)17-7-8-17/h1-6,10-12,17H,7-9,13H2,(H,24,26)(H,27,28)/p-1. The number of rotatable bonds is 8. The van der Waals surface area contributed by atoms with Crippen LogP contribution < -0.4 is 10.1 Å². The first-order valence-corrected chi connectivity index (χ1v) is 10.9. The molecule has 1 aliphatic rings. The molecule has 7 nitrogen and oxygen atoms in total. The summed E-state index contributed by atoms with van der Waals surface area (Å²) in [7, 11) is 0. The SMILES string of the molecule is O=C(Cc1ccccc1Cl)Nc1ccc(COc2cnn(C3CC3)c2)c(S(=O)[O-])c1. The summed E-state index contributed by atoms with van der Waals surface area (Å²) in [6.07, 6.45) is 5.75. The van der Waals surface area contributed by atoms with Crippen LogP contribution >= 0.6 is 11.6 Å². The third kappa shape index (κ3) is 5.08. The van der Waals surface area contributed by atoms with E-state index in [0.717, 1.165) is 12.8 Å². The van der Waals surface area contributed by atoms with E-state index in [1.54, 1.807) is 42.6 Å². The van der Waals surface area contributed by atoms with Crippen molar-refractivity contribution in [1.82, 2.24) is 9.78 Å². The third-order valence-corrected chi connectivity index (χ3v) is 5.84. The molecule has 2 aromatic carbocycles. The topological polar surface area (TPSA) is 96.3 Å². The van der Waals surface area contributed by atoms with E-state index in [1.807, 2.05) is 10.9 Å². The smallest absolute Gasteiger partial charge is 0.228 e. The van der Waals surface area contributed by atoms with Gasteiger partial charge in [0.15, 0.2) is 5.75 Å². The Morgan fingerprint density at radius 3 is 2.80 bits per heavy atom. The van der Waals surface area contributed by atoms with Gasteiger partial charge in [0.2, 0.25) is 5.91 Å². The van der Waals surface area contributed by atoms with Crippen LogP contribution in [-0.4, -0.2) is 24.4 Å². The van der Waals surface area contributed by atoms with E-state index in [4.69, 9.17) is 16.3 Å². The van der Waals surface area contributed by atoms with E-state index in [2.05, 4.69) is 10.4 Å². The van der Waals surface area contributed by atoms with Crippen LogP contribution in [0.25, 0.3) is 0 Å². The van der Waals surface area contributed by atoms with Crippen molar-refractivity contribution in [2.75, 3.05) is 5.32 Å². The lowest BCUT2D eigenvalue weighted by atomic mass is 10.1. The van der Waals surface area contributed by atoms with Crippen LogP contribution in [0.2, 0.25) is 5.02 Å². The molecule has 1 saturated carbocycles. The summed E-state index contributed by atoms with van der Waals surface area (Å²) in [6.45, 7) is 0.0769. The molecular weight excluding hydrogens is 426 g/mol. The first-order chi connectivity index (χ1) is 14.5. The van der Waals surface area contributed by atoms with Crippen molar-refractivity contribution in [3.05, 3.63) is 71.0 Å². The number of carbonyl (C=O) groups excluding carboxylic acids is 1. The number of benzene rings is 2. The van der Waals surface area contributed by atoms with Crippen LogP contribution in [0.3, 0.4) is 0 Å². The number of amides is 1. The molecule has 0 spiro atoms. The number of hydrogen-bond acceptors (Lipinski definition) is 5. The van der Waals surface area contributed by atoms with Gasteiger partial charge in [-0.05, 0) is 47.7 Å². The van der Waals surface area contributed by atoms with Crippen molar-refractivity contribution >= 4 is 34.3 Å². The Morgan fingerprint density at radius 1 is 1.27 bits per heavy atom. The number of carbonyl (C=O) groups is 1. The number of ether oxygens (including phenoxy) is 1. The second kappa shape index (κ2) is 8.99. The first kappa shape index (κ1) is 20.6. The van der Waals surface area contributed by atoms with Gasteiger partial charge in [-0.15, -0.1) is 0 Å². The Kier molecular flexibility index (Phi) is 6.17. The highest BCUT2D eigenvalue weighted by Crippen LogP contribution is 2.35. The van der Waals surface area contributed by atoms with Crippen LogP contribution in [0, 0.1) is 0 Å². The molecule has 0 bridgehead atoms. The number of nitrogens with zero attached hydrogens (tertiary/aromatic N) is 2. The monoisotopic (exact) mass is 444 g/mol. The van der Waals surface area contributed by atoms with Gasteiger partial charge in [-0.3, -0.25) is 13.7 Å². The molecule has 0 saturated heterocycles. The van der Waals surface area contributed by atoms with E-state index < -0.39 is 11.1 Å². The minimum atomic E-state index is -2.48. The molecule has 1 atom stereocenters. The number of hydrogen-bond donors (Lipinski definition) is 1. The Labute approximate surface area is 181 Å². The summed E-state index contributed by atoms with van der Waals surface area (Å²) in [6, 6.07) is 12.2. The quantitative estimate of drug-likeness (QED) is 0.532. The summed E-state index contributed by atoms with van der Waals surface area (Å²) in [5.74, 6) is 0.295. The maximum atomic E-state index is 12.3. The average molecular weight is 445 g/mol. The summed E-state index contributed by atoms with van der Waals surface area (Å²) in [5, 5.41) is 7.47. The van der Waals surface area contributed by atoms with Crippen molar-refractivity contribution in [3.8, 4) is 5.75 Å². The summed E-state index contributed by atoms with van der Waals surface area (Å²) in [4.78, 5) is 12.4. The highest BCUT2D eigenvalue weighted by Gasteiger charge is 2.24. The summed E-state index contributed by atoms with van der Waals surface area (Å²) >= 11 is 3.60. The fourth-order valence-electron chi connectivity index (χ4n) is 3.02. The van der Waals surface area contributed by atoms with Gasteiger partial charge < -0.3 is 14.6 Å². The number of halogens is 1. The molecule has 9 heteroatoms. The van der Waals surface area contributed by atoms with Gasteiger partial charge in [-0.1, -0.05) is 35.9 Å².